The predicted molar refractivity (Wildman–Crippen MR) is 28.4 cm³/mol. The SMILES string of the molecule is CC(O)CCO.N. The smallest absolute Gasteiger partial charge is 0.0533 e. The molecule has 0 fully saturated rings. The van der Waals surface area contributed by atoms with E-state index < -0.39 is 0 Å². The van der Waals surface area contributed by atoms with E-state index in [0.29, 0.717) is 6.42 Å². The monoisotopic (exact) mass is 107 g/mol. The van der Waals surface area contributed by atoms with Crippen LogP contribution in [0.3, 0.4) is 0 Å². The van der Waals surface area contributed by atoms with Crippen LogP contribution in [0.25, 0.3) is 0 Å². The van der Waals surface area contributed by atoms with Gasteiger partial charge in [0.25, 0.3) is 0 Å². The van der Waals surface area contributed by atoms with E-state index >= 15 is 0 Å². The highest BCUT2D eigenvalue weighted by Gasteiger charge is 1.88. The van der Waals surface area contributed by atoms with Crippen molar-refractivity contribution < 1.29 is 10.2 Å². The highest BCUT2D eigenvalue weighted by Crippen LogP contribution is 1.83. The van der Waals surface area contributed by atoms with Crippen molar-refractivity contribution in [3.63, 3.8) is 0 Å². The quantitative estimate of drug-likeness (QED) is 0.461. The number of hydrogen-bond acceptors (Lipinski definition) is 3. The first kappa shape index (κ1) is 9.99. The molecule has 1 atom stereocenters. The Hall–Kier alpha value is -0.120. The van der Waals surface area contributed by atoms with Crippen molar-refractivity contribution in [2.75, 3.05) is 6.61 Å². The summed E-state index contributed by atoms with van der Waals surface area (Å²) in [6.07, 6.45) is 0.134. The predicted octanol–water partition coefficient (Wildman–Crippen LogP) is -0.0884. The zero-order valence-electron chi connectivity index (χ0n) is 4.59. The first-order valence-corrected chi connectivity index (χ1v) is 2.06. The summed E-state index contributed by atoms with van der Waals surface area (Å²) < 4.78 is 0. The minimum atomic E-state index is -0.352. The van der Waals surface area contributed by atoms with Gasteiger partial charge in [0.05, 0.1) is 6.10 Å². The first-order valence-electron chi connectivity index (χ1n) is 2.06. The molecule has 0 aromatic carbocycles. The maximum Gasteiger partial charge on any atom is 0.0533 e. The fraction of sp³-hybridized carbons (Fsp3) is 1.00. The summed E-state index contributed by atoms with van der Waals surface area (Å²) in [6.45, 7) is 1.73. The van der Waals surface area contributed by atoms with Gasteiger partial charge in [-0.05, 0) is 13.3 Å². The highest BCUT2D eigenvalue weighted by molar-refractivity contribution is 4.40. The van der Waals surface area contributed by atoms with Gasteiger partial charge in [0.1, 0.15) is 0 Å². The molecule has 0 amide bonds. The van der Waals surface area contributed by atoms with E-state index in [-0.39, 0.29) is 18.9 Å². The summed E-state index contributed by atoms with van der Waals surface area (Å²) in [6, 6.07) is 0. The van der Waals surface area contributed by atoms with E-state index in [1.165, 1.54) is 0 Å². The Morgan fingerprint density at radius 1 is 1.57 bits per heavy atom. The van der Waals surface area contributed by atoms with Crippen LogP contribution in [0.5, 0.6) is 0 Å². The molecule has 0 aliphatic heterocycles. The van der Waals surface area contributed by atoms with Crippen molar-refractivity contribution in [2.24, 2.45) is 0 Å². The first-order chi connectivity index (χ1) is 2.77. The third-order valence-corrected chi connectivity index (χ3v) is 0.547. The maximum absolute atomic E-state index is 8.39. The number of rotatable bonds is 2. The van der Waals surface area contributed by atoms with Gasteiger partial charge in [-0.15, -0.1) is 0 Å². The van der Waals surface area contributed by atoms with E-state index in [1.807, 2.05) is 0 Å². The molecule has 0 aliphatic carbocycles. The molecule has 0 aromatic heterocycles. The molecule has 3 nitrogen and oxygen atoms in total. The topological polar surface area (TPSA) is 75.5 Å². The lowest BCUT2D eigenvalue weighted by molar-refractivity contribution is 0.148. The molecular formula is C4H13NO2. The second kappa shape index (κ2) is 5.88. The van der Waals surface area contributed by atoms with E-state index in [1.54, 1.807) is 6.92 Å². The third kappa shape index (κ3) is 10.7. The Morgan fingerprint density at radius 2 is 2.00 bits per heavy atom. The van der Waals surface area contributed by atoms with Gasteiger partial charge in [0.15, 0.2) is 0 Å². The molecule has 1 unspecified atom stereocenters. The van der Waals surface area contributed by atoms with Gasteiger partial charge in [0, 0.05) is 6.61 Å². The second-order valence-electron chi connectivity index (χ2n) is 1.36. The summed E-state index contributed by atoms with van der Waals surface area (Å²) >= 11 is 0. The van der Waals surface area contributed by atoms with Gasteiger partial charge in [-0.3, -0.25) is 0 Å². The van der Waals surface area contributed by atoms with Gasteiger partial charge >= 0.3 is 0 Å². The number of aliphatic hydroxyl groups is 2. The zero-order valence-corrected chi connectivity index (χ0v) is 4.59. The summed E-state index contributed by atoms with van der Waals surface area (Å²) in [5, 5.41) is 16.5. The van der Waals surface area contributed by atoms with Crippen molar-refractivity contribution >= 4 is 0 Å². The van der Waals surface area contributed by atoms with Crippen molar-refractivity contribution in [2.45, 2.75) is 19.4 Å². The average molecular weight is 107 g/mol. The molecule has 46 valence electrons. The van der Waals surface area contributed by atoms with Crippen molar-refractivity contribution in [1.29, 1.82) is 0 Å². The average Bonchev–Trinajstić information content (AvgIpc) is 1.35. The lowest BCUT2D eigenvalue weighted by Gasteiger charge is -1.95. The number of aliphatic hydroxyl groups excluding tert-OH is 2. The molecule has 3 heteroatoms. The van der Waals surface area contributed by atoms with Crippen LogP contribution in [0.2, 0.25) is 0 Å². The van der Waals surface area contributed by atoms with Crippen molar-refractivity contribution in [1.82, 2.24) is 6.15 Å². The Kier molecular flexibility index (Phi) is 8.39. The molecule has 0 saturated carbocycles. The van der Waals surface area contributed by atoms with Gasteiger partial charge < -0.3 is 16.4 Å². The van der Waals surface area contributed by atoms with Gasteiger partial charge in [-0.25, -0.2) is 0 Å². The van der Waals surface area contributed by atoms with Crippen LogP contribution in [-0.2, 0) is 0 Å². The van der Waals surface area contributed by atoms with Crippen LogP contribution in [0.4, 0.5) is 0 Å². The molecule has 0 bridgehead atoms. The Bertz CT molecular complexity index is 30.9. The lowest BCUT2D eigenvalue weighted by Crippen LogP contribution is -2.00. The van der Waals surface area contributed by atoms with Crippen LogP contribution in [0.1, 0.15) is 13.3 Å². The fourth-order valence-corrected chi connectivity index (χ4v) is 0.187. The normalized spacial score (nSPS) is 12.4. The Labute approximate surface area is 43.6 Å². The second-order valence-corrected chi connectivity index (χ2v) is 1.36. The largest absolute Gasteiger partial charge is 0.396 e. The van der Waals surface area contributed by atoms with E-state index in [2.05, 4.69) is 0 Å². The van der Waals surface area contributed by atoms with Crippen LogP contribution < -0.4 is 6.15 Å². The molecule has 0 spiro atoms. The van der Waals surface area contributed by atoms with Crippen LogP contribution in [-0.4, -0.2) is 22.9 Å². The fourth-order valence-electron chi connectivity index (χ4n) is 0.187. The molecule has 0 saturated heterocycles. The lowest BCUT2D eigenvalue weighted by atomic mass is 10.3. The summed E-state index contributed by atoms with van der Waals surface area (Å²) in [4.78, 5) is 0. The van der Waals surface area contributed by atoms with E-state index in [9.17, 15) is 0 Å². The van der Waals surface area contributed by atoms with Crippen LogP contribution in [0, 0.1) is 0 Å². The Balaban J connectivity index is 0. The van der Waals surface area contributed by atoms with E-state index in [0.717, 1.165) is 0 Å². The summed E-state index contributed by atoms with van der Waals surface area (Å²) in [5.41, 5.74) is 0. The van der Waals surface area contributed by atoms with Crippen molar-refractivity contribution in [3.8, 4) is 0 Å². The van der Waals surface area contributed by atoms with Crippen LogP contribution in [0.15, 0.2) is 0 Å². The Morgan fingerprint density at radius 3 is 2.00 bits per heavy atom. The molecule has 7 heavy (non-hydrogen) atoms. The molecule has 0 aliphatic rings. The molecule has 0 heterocycles. The van der Waals surface area contributed by atoms with Crippen molar-refractivity contribution in [3.05, 3.63) is 0 Å². The van der Waals surface area contributed by atoms with E-state index in [4.69, 9.17) is 10.2 Å². The standard InChI is InChI=1S/C4H10O2.H3N/c1-4(6)2-3-5;/h4-6H,2-3H2,1H3;1H3. The van der Waals surface area contributed by atoms with Crippen LogP contribution >= 0.6 is 0 Å². The van der Waals surface area contributed by atoms with Gasteiger partial charge in [-0.2, -0.15) is 0 Å². The molecule has 5 N–H and O–H groups in total. The maximum atomic E-state index is 8.39. The minimum Gasteiger partial charge on any atom is -0.396 e. The molecule has 0 rings (SSSR count). The van der Waals surface area contributed by atoms with Gasteiger partial charge in [0.2, 0.25) is 0 Å². The highest BCUT2D eigenvalue weighted by atomic mass is 16.3. The minimum absolute atomic E-state index is 0. The molecule has 0 radical (unpaired) electrons. The number of hydrogen-bond donors (Lipinski definition) is 3. The molecule has 0 aromatic rings. The zero-order chi connectivity index (χ0) is 4.99. The summed E-state index contributed by atoms with van der Waals surface area (Å²) in [5.74, 6) is 0. The summed E-state index contributed by atoms with van der Waals surface area (Å²) in [7, 11) is 0. The molecular weight excluding hydrogens is 94.0 g/mol. The third-order valence-electron chi connectivity index (χ3n) is 0.547. The van der Waals surface area contributed by atoms with Gasteiger partial charge in [-0.1, -0.05) is 0 Å².